The number of benzene rings is 3. The minimum Gasteiger partial charge on any atom is -0.354 e. The van der Waals surface area contributed by atoms with Crippen LogP contribution in [0, 0.1) is 5.92 Å². The second-order valence-electron chi connectivity index (χ2n) is 9.03. The predicted molar refractivity (Wildman–Crippen MR) is 149 cm³/mol. The number of halogens is 4. The summed E-state index contributed by atoms with van der Waals surface area (Å²) in [5, 5.41) is 4.68. The molecule has 3 aromatic rings. The molecular formula is C28H28Cl4N2O2. The molecule has 3 aromatic carbocycles. The lowest BCUT2D eigenvalue weighted by Crippen LogP contribution is -2.51. The van der Waals surface area contributed by atoms with Crippen molar-refractivity contribution in [1.82, 2.24) is 10.2 Å². The average Bonchev–Trinajstić information content (AvgIpc) is 2.84. The molecule has 0 aromatic heterocycles. The second-order valence-corrected chi connectivity index (χ2v) is 10.7. The van der Waals surface area contributed by atoms with Crippen molar-refractivity contribution in [1.29, 1.82) is 0 Å². The van der Waals surface area contributed by atoms with Crippen LogP contribution in [0.2, 0.25) is 20.1 Å². The molecule has 36 heavy (non-hydrogen) atoms. The molecule has 0 aliphatic carbocycles. The molecular weight excluding hydrogens is 538 g/mol. The molecule has 0 bridgehead atoms. The van der Waals surface area contributed by atoms with Gasteiger partial charge in [-0.2, -0.15) is 0 Å². The Hall–Kier alpha value is -2.24. The highest BCUT2D eigenvalue weighted by Crippen LogP contribution is 2.26. The van der Waals surface area contributed by atoms with E-state index in [1.807, 2.05) is 44.2 Å². The van der Waals surface area contributed by atoms with Crippen LogP contribution in [-0.2, 0) is 29.0 Å². The summed E-state index contributed by atoms with van der Waals surface area (Å²) >= 11 is 24.8. The van der Waals surface area contributed by atoms with Crippen molar-refractivity contribution in [2.45, 2.75) is 39.3 Å². The van der Waals surface area contributed by atoms with E-state index in [1.54, 1.807) is 41.3 Å². The molecule has 0 unspecified atom stereocenters. The van der Waals surface area contributed by atoms with Gasteiger partial charge in [-0.25, -0.2) is 0 Å². The number of nitrogens with one attached hydrogen (secondary N) is 1. The van der Waals surface area contributed by atoms with Crippen LogP contribution in [0.3, 0.4) is 0 Å². The lowest BCUT2D eigenvalue weighted by Gasteiger charge is -2.32. The SMILES string of the molecule is CC(C)CNC(=O)[C@@H](Cc1ccccc1)N(Cc1ccc(Cl)c(Cl)c1)C(=O)Cc1ccc(Cl)cc1Cl. The largest absolute Gasteiger partial charge is 0.354 e. The third-order valence-corrected chi connectivity index (χ3v) is 6.98. The van der Waals surface area contributed by atoms with E-state index in [4.69, 9.17) is 46.4 Å². The third kappa shape index (κ3) is 8.14. The van der Waals surface area contributed by atoms with Crippen LogP contribution in [0.25, 0.3) is 0 Å². The molecule has 1 atom stereocenters. The van der Waals surface area contributed by atoms with Crippen molar-refractivity contribution in [2.24, 2.45) is 5.92 Å². The first-order chi connectivity index (χ1) is 17.1. The van der Waals surface area contributed by atoms with Crippen molar-refractivity contribution in [3.05, 3.63) is 104 Å². The van der Waals surface area contributed by atoms with E-state index >= 15 is 0 Å². The van der Waals surface area contributed by atoms with Crippen LogP contribution in [0.1, 0.15) is 30.5 Å². The van der Waals surface area contributed by atoms with Crippen LogP contribution in [0.15, 0.2) is 66.7 Å². The van der Waals surface area contributed by atoms with Crippen molar-refractivity contribution >= 4 is 58.2 Å². The Bertz CT molecular complexity index is 1200. The number of carbonyl (C=O) groups excluding carboxylic acids is 2. The maximum absolute atomic E-state index is 13.8. The monoisotopic (exact) mass is 564 g/mol. The summed E-state index contributed by atoms with van der Waals surface area (Å²) in [6.45, 7) is 4.72. The molecule has 0 spiro atoms. The summed E-state index contributed by atoms with van der Waals surface area (Å²) in [6, 6.07) is 19.1. The highest BCUT2D eigenvalue weighted by Gasteiger charge is 2.31. The van der Waals surface area contributed by atoms with Crippen LogP contribution in [0.5, 0.6) is 0 Å². The van der Waals surface area contributed by atoms with Gasteiger partial charge in [0, 0.05) is 29.6 Å². The zero-order valence-corrected chi connectivity index (χ0v) is 23.1. The number of hydrogen-bond acceptors (Lipinski definition) is 2. The summed E-state index contributed by atoms with van der Waals surface area (Å²) in [7, 11) is 0. The Morgan fingerprint density at radius 3 is 2.19 bits per heavy atom. The van der Waals surface area contributed by atoms with E-state index in [-0.39, 0.29) is 30.7 Å². The molecule has 0 saturated heterocycles. The molecule has 8 heteroatoms. The molecule has 0 aliphatic heterocycles. The number of hydrogen-bond donors (Lipinski definition) is 1. The summed E-state index contributed by atoms with van der Waals surface area (Å²) in [5.74, 6) is -0.201. The zero-order chi connectivity index (χ0) is 26.2. The molecule has 4 nitrogen and oxygen atoms in total. The Balaban J connectivity index is 1.99. The minimum absolute atomic E-state index is 0.0140. The Kier molecular flexibility index (Phi) is 10.5. The summed E-state index contributed by atoms with van der Waals surface area (Å²) in [6.07, 6.45) is 0.367. The predicted octanol–water partition coefficient (Wildman–Crippen LogP) is 7.26. The number of amides is 2. The lowest BCUT2D eigenvalue weighted by molar-refractivity contribution is -0.140. The van der Waals surface area contributed by atoms with Crippen molar-refractivity contribution in [3.8, 4) is 0 Å². The van der Waals surface area contributed by atoms with E-state index in [9.17, 15) is 9.59 Å². The van der Waals surface area contributed by atoms with E-state index in [0.717, 1.165) is 11.1 Å². The molecule has 2 amide bonds. The van der Waals surface area contributed by atoms with Crippen molar-refractivity contribution < 1.29 is 9.59 Å². The highest BCUT2D eigenvalue weighted by atomic mass is 35.5. The van der Waals surface area contributed by atoms with E-state index in [0.29, 0.717) is 38.6 Å². The van der Waals surface area contributed by atoms with E-state index < -0.39 is 6.04 Å². The van der Waals surface area contributed by atoms with Gasteiger partial charge in [0.2, 0.25) is 11.8 Å². The molecule has 1 N–H and O–H groups in total. The topological polar surface area (TPSA) is 49.4 Å². The normalized spacial score (nSPS) is 11.9. The van der Waals surface area contributed by atoms with E-state index in [2.05, 4.69) is 5.32 Å². The smallest absolute Gasteiger partial charge is 0.243 e. The van der Waals surface area contributed by atoms with Gasteiger partial charge in [-0.1, -0.05) is 103 Å². The minimum atomic E-state index is -0.751. The lowest BCUT2D eigenvalue weighted by atomic mass is 10.0. The molecule has 190 valence electrons. The average molecular weight is 566 g/mol. The van der Waals surface area contributed by atoms with Crippen LogP contribution in [0.4, 0.5) is 0 Å². The van der Waals surface area contributed by atoms with Gasteiger partial charge in [-0.3, -0.25) is 9.59 Å². The second kappa shape index (κ2) is 13.3. The number of rotatable bonds is 10. The van der Waals surface area contributed by atoms with Crippen LogP contribution < -0.4 is 5.32 Å². The fourth-order valence-electron chi connectivity index (χ4n) is 3.74. The first kappa shape index (κ1) is 28.3. The maximum atomic E-state index is 13.8. The first-order valence-electron chi connectivity index (χ1n) is 11.6. The third-order valence-electron chi connectivity index (χ3n) is 5.65. The van der Waals surface area contributed by atoms with Gasteiger partial charge in [0.05, 0.1) is 16.5 Å². The van der Waals surface area contributed by atoms with Gasteiger partial charge in [-0.05, 0) is 46.9 Å². The zero-order valence-electron chi connectivity index (χ0n) is 20.1. The van der Waals surface area contributed by atoms with Crippen molar-refractivity contribution in [3.63, 3.8) is 0 Å². The fraction of sp³-hybridized carbons (Fsp3) is 0.286. The Labute approximate surface area is 232 Å². The first-order valence-corrected chi connectivity index (χ1v) is 13.1. The molecule has 0 saturated carbocycles. The Morgan fingerprint density at radius 2 is 1.56 bits per heavy atom. The highest BCUT2D eigenvalue weighted by molar-refractivity contribution is 6.42. The standard InChI is InChI=1S/C28H28Cl4N2O2/c1-18(2)16-33-28(36)26(13-19-6-4-3-5-7-19)34(17-20-8-11-23(30)25(32)12-20)27(35)14-21-9-10-22(29)15-24(21)31/h3-12,15,18,26H,13-14,16-17H2,1-2H3,(H,33,36)/t26-/m1/s1. The molecule has 0 radical (unpaired) electrons. The van der Waals surface area contributed by atoms with Gasteiger partial charge in [0.15, 0.2) is 0 Å². The Morgan fingerprint density at radius 1 is 0.833 bits per heavy atom. The van der Waals surface area contributed by atoms with Crippen LogP contribution in [-0.4, -0.2) is 29.3 Å². The van der Waals surface area contributed by atoms with E-state index in [1.165, 1.54) is 0 Å². The quantitative estimate of drug-likeness (QED) is 0.281. The van der Waals surface area contributed by atoms with Gasteiger partial charge in [-0.15, -0.1) is 0 Å². The number of carbonyl (C=O) groups is 2. The van der Waals surface area contributed by atoms with Crippen LogP contribution >= 0.6 is 46.4 Å². The van der Waals surface area contributed by atoms with Gasteiger partial charge < -0.3 is 10.2 Å². The summed E-state index contributed by atoms with van der Waals surface area (Å²) < 4.78 is 0. The van der Waals surface area contributed by atoms with Gasteiger partial charge in [0.1, 0.15) is 6.04 Å². The summed E-state index contributed by atoms with van der Waals surface area (Å²) in [5.41, 5.74) is 2.33. The van der Waals surface area contributed by atoms with Gasteiger partial charge >= 0.3 is 0 Å². The molecule has 0 aliphatic rings. The molecule has 3 rings (SSSR count). The fourth-order valence-corrected chi connectivity index (χ4v) is 4.54. The molecule has 0 fully saturated rings. The van der Waals surface area contributed by atoms with Gasteiger partial charge in [0.25, 0.3) is 0 Å². The molecule has 0 heterocycles. The maximum Gasteiger partial charge on any atom is 0.243 e. The van der Waals surface area contributed by atoms with Crippen molar-refractivity contribution in [2.75, 3.05) is 6.54 Å². The number of nitrogens with zero attached hydrogens (tertiary/aromatic N) is 1. The summed E-state index contributed by atoms with van der Waals surface area (Å²) in [4.78, 5) is 28.8.